The molecule has 0 bridgehead atoms. The number of aryl methyl sites for hydroxylation is 1. The van der Waals surface area contributed by atoms with Crippen LogP contribution in [-0.2, 0) is 5.41 Å². The Balaban J connectivity index is 1.96. The lowest BCUT2D eigenvalue weighted by atomic mass is 9.83. The first-order valence-electron chi connectivity index (χ1n) is 6.01. The van der Waals surface area contributed by atoms with Gasteiger partial charge in [-0.3, -0.25) is 9.69 Å². The van der Waals surface area contributed by atoms with Crippen LogP contribution >= 0.6 is 0 Å². The van der Waals surface area contributed by atoms with Crippen molar-refractivity contribution in [2.24, 2.45) is 5.92 Å². The van der Waals surface area contributed by atoms with Crippen molar-refractivity contribution >= 4 is 11.9 Å². The van der Waals surface area contributed by atoms with Gasteiger partial charge in [0.25, 0.3) is 0 Å². The molecule has 2 fully saturated rings. The smallest absolute Gasteiger partial charge is 0.411 e. The van der Waals surface area contributed by atoms with Gasteiger partial charge < -0.3 is 10.1 Å². The van der Waals surface area contributed by atoms with Gasteiger partial charge in [-0.25, -0.2) is 4.79 Å². The number of hydrogen-bond acceptors (Lipinski definition) is 2. The summed E-state index contributed by atoms with van der Waals surface area (Å²) in [6.07, 6.45) is 3.34. The predicted molar refractivity (Wildman–Crippen MR) is 62.5 cm³/mol. The van der Waals surface area contributed by atoms with Crippen molar-refractivity contribution < 1.29 is 14.7 Å². The molecule has 4 rings (SSSR count). The number of allylic oxidation sites excluding steroid dienone is 2. The first-order valence-corrected chi connectivity index (χ1v) is 6.01. The molecular formula is C13H12N2O3. The molecule has 2 aliphatic carbocycles. The second kappa shape index (κ2) is 2.68. The van der Waals surface area contributed by atoms with Crippen molar-refractivity contribution in [2.45, 2.75) is 18.8 Å². The standard InChI is InChI=1S/C13H12N2O3/c1-6-4-14-11-8(16)2-9-13(10(6)11)3-7(13)5-15(9)12(17)18/h2,4,7,14H,3,5H2,1H3,(H,17,18). The van der Waals surface area contributed by atoms with E-state index >= 15 is 0 Å². The molecule has 92 valence electrons. The first-order chi connectivity index (χ1) is 8.55. The fourth-order valence-electron chi connectivity index (χ4n) is 3.73. The Labute approximate surface area is 103 Å². The number of carbonyl (C=O) groups is 2. The zero-order chi connectivity index (χ0) is 12.7. The third-order valence-electron chi connectivity index (χ3n) is 4.52. The van der Waals surface area contributed by atoms with Crippen LogP contribution in [0.5, 0.6) is 0 Å². The van der Waals surface area contributed by atoms with Gasteiger partial charge in [-0.15, -0.1) is 0 Å². The van der Waals surface area contributed by atoms with Gasteiger partial charge in [-0.05, 0) is 30.4 Å². The highest BCUT2D eigenvalue weighted by Crippen LogP contribution is 2.67. The van der Waals surface area contributed by atoms with Crippen LogP contribution in [0.2, 0.25) is 0 Å². The number of hydrogen-bond donors (Lipinski definition) is 2. The largest absolute Gasteiger partial charge is 0.465 e. The van der Waals surface area contributed by atoms with Crippen LogP contribution in [0.15, 0.2) is 18.0 Å². The van der Waals surface area contributed by atoms with Crippen molar-refractivity contribution in [3.63, 3.8) is 0 Å². The highest BCUT2D eigenvalue weighted by Gasteiger charge is 2.68. The maximum absolute atomic E-state index is 12.0. The van der Waals surface area contributed by atoms with Gasteiger partial charge in [0.15, 0.2) is 0 Å². The minimum Gasteiger partial charge on any atom is -0.465 e. The lowest BCUT2D eigenvalue weighted by Crippen LogP contribution is -2.32. The number of piperidine rings is 1. The third kappa shape index (κ3) is 0.868. The molecular weight excluding hydrogens is 232 g/mol. The highest BCUT2D eigenvalue weighted by atomic mass is 16.4. The van der Waals surface area contributed by atoms with Crippen LogP contribution in [0.3, 0.4) is 0 Å². The van der Waals surface area contributed by atoms with Crippen molar-refractivity contribution in [1.29, 1.82) is 0 Å². The quantitative estimate of drug-likeness (QED) is 0.728. The van der Waals surface area contributed by atoms with Gasteiger partial charge in [0.05, 0.1) is 5.69 Å². The Hall–Kier alpha value is -2.04. The molecule has 1 aliphatic heterocycles. The molecule has 2 unspecified atom stereocenters. The Morgan fingerprint density at radius 1 is 1.61 bits per heavy atom. The van der Waals surface area contributed by atoms with E-state index in [1.165, 1.54) is 11.0 Å². The zero-order valence-electron chi connectivity index (χ0n) is 9.86. The minimum absolute atomic E-state index is 0.113. The summed E-state index contributed by atoms with van der Waals surface area (Å²) >= 11 is 0. The highest BCUT2D eigenvalue weighted by molar-refractivity contribution is 6.08. The van der Waals surface area contributed by atoms with E-state index in [0.717, 1.165) is 17.5 Å². The summed E-state index contributed by atoms with van der Waals surface area (Å²) in [6, 6.07) is 0. The Bertz CT molecular complexity index is 643. The van der Waals surface area contributed by atoms with Crippen molar-refractivity contribution in [3.8, 4) is 0 Å². The lowest BCUT2D eigenvalue weighted by Gasteiger charge is -2.26. The van der Waals surface area contributed by atoms with E-state index in [-0.39, 0.29) is 11.2 Å². The Morgan fingerprint density at radius 2 is 2.39 bits per heavy atom. The van der Waals surface area contributed by atoms with Crippen LogP contribution < -0.4 is 0 Å². The maximum Gasteiger partial charge on any atom is 0.411 e. The molecule has 1 spiro atoms. The number of rotatable bonds is 0. The van der Waals surface area contributed by atoms with E-state index in [4.69, 9.17) is 0 Å². The van der Waals surface area contributed by atoms with E-state index < -0.39 is 6.09 Å². The second-order valence-corrected chi connectivity index (χ2v) is 5.38. The molecule has 1 saturated heterocycles. The SMILES string of the molecule is Cc1c[nH]c2c1C13CC1CN(C(=O)O)C3=CC2=O. The summed E-state index contributed by atoms with van der Waals surface area (Å²) < 4.78 is 0. The lowest BCUT2D eigenvalue weighted by molar-refractivity contribution is 0.103. The van der Waals surface area contributed by atoms with Gasteiger partial charge in [0, 0.05) is 29.9 Å². The molecule has 2 N–H and O–H groups in total. The number of H-pyrrole nitrogens is 1. The van der Waals surface area contributed by atoms with E-state index in [9.17, 15) is 14.7 Å². The van der Waals surface area contributed by atoms with Crippen LogP contribution in [0.4, 0.5) is 4.79 Å². The number of carboxylic acid groups (broad SMARTS) is 1. The number of fused-ring (bicyclic) bond motifs is 1. The molecule has 5 heteroatoms. The molecule has 0 radical (unpaired) electrons. The van der Waals surface area contributed by atoms with E-state index in [0.29, 0.717) is 23.9 Å². The fourth-order valence-corrected chi connectivity index (χ4v) is 3.73. The first kappa shape index (κ1) is 9.94. The van der Waals surface area contributed by atoms with Gasteiger partial charge in [0.2, 0.25) is 5.78 Å². The molecule has 3 aliphatic rings. The molecule has 1 aromatic heterocycles. The average Bonchev–Trinajstić information content (AvgIpc) is 2.70. The number of amides is 1. The minimum atomic E-state index is -0.961. The molecule has 2 heterocycles. The number of nitrogens with one attached hydrogen (secondary N) is 1. The van der Waals surface area contributed by atoms with E-state index in [2.05, 4.69) is 4.98 Å². The summed E-state index contributed by atoms with van der Waals surface area (Å²) in [5.41, 5.74) is 3.20. The van der Waals surface area contributed by atoms with Crippen LogP contribution in [0.25, 0.3) is 0 Å². The summed E-state index contributed by atoms with van der Waals surface area (Å²) in [5.74, 6) is 0.221. The number of aromatic amines is 1. The van der Waals surface area contributed by atoms with Crippen molar-refractivity contribution in [2.75, 3.05) is 6.54 Å². The van der Waals surface area contributed by atoms with Crippen LogP contribution in [-0.4, -0.2) is 33.4 Å². The summed E-state index contributed by atoms with van der Waals surface area (Å²) in [5, 5.41) is 9.21. The molecule has 1 aromatic rings. The summed E-state index contributed by atoms with van der Waals surface area (Å²) in [7, 11) is 0. The van der Waals surface area contributed by atoms with Gasteiger partial charge >= 0.3 is 6.09 Å². The zero-order valence-corrected chi connectivity index (χ0v) is 9.86. The molecule has 18 heavy (non-hydrogen) atoms. The monoisotopic (exact) mass is 244 g/mol. The second-order valence-electron chi connectivity index (χ2n) is 5.38. The van der Waals surface area contributed by atoms with Gasteiger partial charge in [-0.1, -0.05) is 0 Å². The topological polar surface area (TPSA) is 73.4 Å². The predicted octanol–water partition coefficient (Wildman–Crippen LogP) is 1.65. The number of aromatic nitrogens is 1. The van der Waals surface area contributed by atoms with Gasteiger partial charge in [0.1, 0.15) is 0 Å². The van der Waals surface area contributed by atoms with Crippen molar-refractivity contribution in [1.82, 2.24) is 9.88 Å². The van der Waals surface area contributed by atoms with Crippen molar-refractivity contribution in [3.05, 3.63) is 34.8 Å². The number of carbonyl (C=O) groups excluding carboxylic acids is 1. The van der Waals surface area contributed by atoms with Crippen LogP contribution in [0, 0.1) is 12.8 Å². The van der Waals surface area contributed by atoms with E-state index in [1.54, 1.807) is 0 Å². The molecule has 2 atom stereocenters. The number of likely N-dealkylation sites (tertiary alicyclic amines) is 1. The molecule has 0 aromatic carbocycles. The Morgan fingerprint density at radius 3 is 3.11 bits per heavy atom. The average molecular weight is 244 g/mol. The summed E-state index contributed by atoms with van der Waals surface area (Å²) in [6.45, 7) is 2.48. The number of nitrogens with zero attached hydrogens (tertiary/aromatic N) is 1. The summed E-state index contributed by atoms with van der Waals surface area (Å²) in [4.78, 5) is 27.6. The van der Waals surface area contributed by atoms with E-state index in [1.807, 2.05) is 13.1 Å². The number of ketones is 1. The van der Waals surface area contributed by atoms with Crippen LogP contribution in [0.1, 0.15) is 28.0 Å². The van der Waals surface area contributed by atoms with Gasteiger partial charge in [-0.2, -0.15) is 0 Å². The maximum atomic E-state index is 12.0. The Kier molecular flexibility index (Phi) is 1.48. The molecule has 5 nitrogen and oxygen atoms in total. The molecule has 1 saturated carbocycles. The normalized spacial score (nSPS) is 31.6. The molecule has 1 amide bonds. The fraction of sp³-hybridized carbons (Fsp3) is 0.385. The third-order valence-corrected chi connectivity index (χ3v) is 4.52.